The maximum atomic E-state index is 12.5. The zero-order chi connectivity index (χ0) is 13.2. The average Bonchev–Trinajstić information content (AvgIpc) is 2.76. The molecule has 7 heteroatoms. The number of halogens is 3. The minimum Gasteiger partial charge on any atom is -0.480 e. The van der Waals surface area contributed by atoms with Gasteiger partial charge in [-0.3, -0.25) is 4.90 Å². The van der Waals surface area contributed by atoms with Crippen LogP contribution in [0.3, 0.4) is 0 Å². The summed E-state index contributed by atoms with van der Waals surface area (Å²) in [6.07, 6.45) is -3.65. The minimum absolute atomic E-state index is 0.194. The standard InChI is InChI=1S/C11H15F3N2OS/c1-17-10-6-9(18-15-10)7-16-4-2-8(3-5-16)11(12,13)14/h6,8H,2-5,7H2,1H3. The Hall–Kier alpha value is -0.820. The first-order valence-corrected chi connectivity index (χ1v) is 6.55. The van der Waals surface area contributed by atoms with Crippen molar-refractivity contribution < 1.29 is 17.9 Å². The van der Waals surface area contributed by atoms with Crippen LogP contribution >= 0.6 is 11.5 Å². The molecule has 1 aromatic rings. The molecular formula is C11H15F3N2OS. The van der Waals surface area contributed by atoms with Crippen LogP contribution in [-0.4, -0.2) is 35.6 Å². The number of piperidine rings is 1. The van der Waals surface area contributed by atoms with E-state index in [-0.39, 0.29) is 12.8 Å². The molecule has 0 radical (unpaired) electrons. The summed E-state index contributed by atoms with van der Waals surface area (Å²) in [6, 6.07) is 1.83. The highest BCUT2D eigenvalue weighted by atomic mass is 32.1. The second kappa shape index (κ2) is 5.44. The van der Waals surface area contributed by atoms with Crippen LogP contribution in [0.1, 0.15) is 17.7 Å². The summed E-state index contributed by atoms with van der Waals surface area (Å²) >= 11 is 1.34. The van der Waals surface area contributed by atoms with Gasteiger partial charge in [0.2, 0.25) is 5.88 Å². The number of hydrogen-bond donors (Lipinski definition) is 0. The fourth-order valence-corrected chi connectivity index (χ4v) is 2.83. The predicted octanol–water partition coefficient (Wildman–Crippen LogP) is 2.93. The third-order valence-corrected chi connectivity index (χ3v) is 3.93. The molecule has 2 rings (SSSR count). The molecule has 0 bridgehead atoms. The Kier molecular flexibility index (Phi) is 4.11. The molecule has 18 heavy (non-hydrogen) atoms. The van der Waals surface area contributed by atoms with Crippen molar-refractivity contribution in [2.75, 3.05) is 20.2 Å². The Morgan fingerprint density at radius 1 is 1.44 bits per heavy atom. The SMILES string of the molecule is COc1cc(CN2CCC(C(F)(F)F)CC2)sn1. The molecule has 0 spiro atoms. The van der Waals surface area contributed by atoms with Crippen LogP contribution in [0.5, 0.6) is 5.88 Å². The highest BCUT2D eigenvalue weighted by molar-refractivity contribution is 7.05. The maximum absolute atomic E-state index is 12.5. The third kappa shape index (κ3) is 3.35. The Bertz CT molecular complexity index is 386. The molecule has 0 saturated carbocycles. The van der Waals surface area contributed by atoms with Crippen LogP contribution in [0.15, 0.2) is 6.07 Å². The van der Waals surface area contributed by atoms with Gasteiger partial charge in [0.1, 0.15) is 0 Å². The minimum atomic E-state index is -4.04. The van der Waals surface area contributed by atoms with Crippen LogP contribution < -0.4 is 4.74 Å². The molecule has 0 N–H and O–H groups in total. The van der Waals surface area contributed by atoms with Gasteiger partial charge in [-0.25, -0.2) is 0 Å². The molecule has 0 atom stereocenters. The fraction of sp³-hybridized carbons (Fsp3) is 0.727. The van der Waals surface area contributed by atoms with E-state index >= 15 is 0 Å². The average molecular weight is 280 g/mol. The summed E-state index contributed by atoms with van der Waals surface area (Å²) in [7, 11) is 1.55. The van der Waals surface area contributed by atoms with E-state index in [0.717, 1.165) is 4.88 Å². The van der Waals surface area contributed by atoms with Crippen LogP contribution in [0.4, 0.5) is 13.2 Å². The van der Waals surface area contributed by atoms with Crippen LogP contribution in [0, 0.1) is 5.92 Å². The number of nitrogens with zero attached hydrogens (tertiary/aromatic N) is 2. The molecule has 3 nitrogen and oxygen atoms in total. The van der Waals surface area contributed by atoms with E-state index in [1.165, 1.54) is 11.5 Å². The van der Waals surface area contributed by atoms with Gasteiger partial charge in [-0.05, 0) is 37.5 Å². The lowest BCUT2D eigenvalue weighted by Gasteiger charge is -2.32. The second-order valence-electron chi connectivity index (χ2n) is 4.43. The summed E-state index contributed by atoms with van der Waals surface area (Å²) in [6.45, 7) is 1.64. The first kappa shape index (κ1) is 13.6. The highest BCUT2D eigenvalue weighted by Crippen LogP contribution is 2.34. The van der Waals surface area contributed by atoms with Gasteiger partial charge in [-0.15, -0.1) is 0 Å². The molecule has 1 aliphatic heterocycles. The first-order valence-electron chi connectivity index (χ1n) is 5.77. The van der Waals surface area contributed by atoms with Gasteiger partial charge >= 0.3 is 6.18 Å². The van der Waals surface area contributed by atoms with Gasteiger partial charge in [0.25, 0.3) is 0 Å². The molecule has 1 aromatic heterocycles. The monoisotopic (exact) mass is 280 g/mol. The molecule has 0 unspecified atom stereocenters. The van der Waals surface area contributed by atoms with Crippen molar-refractivity contribution in [1.82, 2.24) is 9.27 Å². The van der Waals surface area contributed by atoms with Crippen molar-refractivity contribution in [3.8, 4) is 5.88 Å². The number of alkyl halides is 3. The largest absolute Gasteiger partial charge is 0.480 e. The van der Waals surface area contributed by atoms with Crippen molar-refractivity contribution >= 4 is 11.5 Å². The molecule has 1 aliphatic rings. The van der Waals surface area contributed by atoms with Gasteiger partial charge in [-0.2, -0.15) is 17.5 Å². The number of aromatic nitrogens is 1. The third-order valence-electron chi connectivity index (χ3n) is 3.18. The van der Waals surface area contributed by atoms with Gasteiger partial charge in [0.15, 0.2) is 0 Å². The number of likely N-dealkylation sites (tertiary alicyclic amines) is 1. The predicted molar refractivity (Wildman–Crippen MR) is 62.7 cm³/mol. The Labute approximate surface area is 108 Å². The second-order valence-corrected chi connectivity index (χ2v) is 5.32. The molecule has 1 saturated heterocycles. The van der Waals surface area contributed by atoms with Gasteiger partial charge in [0.05, 0.1) is 13.0 Å². The van der Waals surface area contributed by atoms with Crippen molar-refractivity contribution in [3.05, 3.63) is 10.9 Å². The molecule has 0 amide bonds. The number of methoxy groups -OCH3 is 1. The maximum Gasteiger partial charge on any atom is 0.391 e. The van der Waals surface area contributed by atoms with E-state index in [0.29, 0.717) is 25.5 Å². The van der Waals surface area contributed by atoms with Crippen LogP contribution in [-0.2, 0) is 6.54 Å². The van der Waals surface area contributed by atoms with Crippen molar-refractivity contribution in [3.63, 3.8) is 0 Å². The van der Waals surface area contributed by atoms with Gasteiger partial charge < -0.3 is 4.74 Å². The van der Waals surface area contributed by atoms with E-state index in [1.807, 2.05) is 11.0 Å². The summed E-state index contributed by atoms with van der Waals surface area (Å²) in [5.74, 6) is -0.565. The number of rotatable bonds is 3. The summed E-state index contributed by atoms with van der Waals surface area (Å²) in [4.78, 5) is 3.06. The normalized spacial score (nSPS) is 19.1. The molecule has 2 heterocycles. The summed E-state index contributed by atoms with van der Waals surface area (Å²) in [5.41, 5.74) is 0. The van der Waals surface area contributed by atoms with E-state index < -0.39 is 12.1 Å². The fourth-order valence-electron chi connectivity index (χ4n) is 2.10. The summed E-state index contributed by atoms with van der Waals surface area (Å²) < 4.78 is 46.5. The first-order chi connectivity index (χ1) is 8.49. The number of hydrogen-bond acceptors (Lipinski definition) is 4. The molecule has 1 fully saturated rings. The van der Waals surface area contributed by atoms with Gasteiger partial charge in [-0.1, -0.05) is 0 Å². The van der Waals surface area contributed by atoms with Crippen molar-refractivity contribution in [1.29, 1.82) is 0 Å². The highest BCUT2D eigenvalue weighted by Gasteiger charge is 2.40. The lowest BCUT2D eigenvalue weighted by atomic mass is 9.96. The zero-order valence-electron chi connectivity index (χ0n) is 10.0. The van der Waals surface area contributed by atoms with Crippen molar-refractivity contribution in [2.45, 2.75) is 25.6 Å². The molecule has 0 aliphatic carbocycles. The smallest absolute Gasteiger partial charge is 0.391 e. The topological polar surface area (TPSA) is 25.4 Å². The number of ether oxygens (including phenoxy) is 1. The Morgan fingerprint density at radius 3 is 2.61 bits per heavy atom. The zero-order valence-corrected chi connectivity index (χ0v) is 10.9. The lowest BCUT2D eigenvalue weighted by Crippen LogP contribution is -2.38. The van der Waals surface area contributed by atoms with E-state index in [9.17, 15) is 13.2 Å². The molecular weight excluding hydrogens is 265 g/mol. The summed E-state index contributed by atoms with van der Waals surface area (Å²) in [5, 5.41) is 0. The lowest BCUT2D eigenvalue weighted by molar-refractivity contribution is -0.185. The van der Waals surface area contributed by atoms with E-state index in [2.05, 4.69) is 4.37 Å². The Morgan fingerprint density at radius 2 is 2.11 bits per heavy atom. The van der Waals surface area contributed by atoms with E-state index in [1.54, 1.807) is 7.11 Å². The molecule has 0 aromatic carbocycles. The Balaban J connectivity index is 1.83. The van der Waals surface area contributed by atoms with E-state index in [4.69, 9.17) is 4.74 Å². The quantitative estimate of drug-likeness (QED) is 0.851. The molecule has 102 valence electrons. The van der Waals surface area contributed by atoms with Gasteiger partial charge in [0, 0.05) is 17.5 Å². The van der Waals surface area contributed by atoms with Crippen LogP contribution in [0.2, 0.25) is 0 Å². The van der Waals surface area contributed by atoms with Crippen molar-refractivity contribution in [2.24, 2.45) is 5.92 Å². The van der Waals surface area contributed by atoms with Crippen LogP contribution in [0.25, 0.3) is 0 Å².